The number of hydrogen-bond donors (Lipinski definition) is 0. The van der Waals surface area contributed by atoms with E-state index < -0.39 is 0 Å². The molecule has 0 amide bonds. The molecule has 1 heteroatoms. The average Bonchev–Trinajstić information content (AvgIpc) is 2.42. The number of hydrogen-bond acceptors (Lipinski definition) is 1. The van der Waals surface area contributed by atoms with Crippen LogP contribution in [0.4, 0.5) is 0 Å². The average molecular weight is 137 g/mol. The zero-order chi connectivity index (χ0) is 6.97. The van der Waals surface area contributed by atoms with Gasteiger partial charge in [-0.05, 0) is 25.8 Å². The molecule has 0 spiro atoms. The highest BCUT2D eigenvalue weighted by molar-refractivity contribution is 5.26. The van der Waals surface area contributed by atoms with Crippen LogP contribution in [-0.2, 0) is 0 Å². The molecule has 0 aromatic heterocycles. The van der Waals surface area contributed by atoms with Crippen molar-refractivity contribution < 1.29 is 0 Å². The number of nitrogens with zero attached hydrogens (tertiary/aromatic N) is 1. The van der Waals surface area contributed by atoms with E-state index in [4.69, 9.17) is 0 Å². The van der Waals surface area contributed by atoms with Crippen molar-refractivity contribution in [3.05, 3.63) is 11.1 Å². The van der Waals surface area contributed by atoms with Crippen LogP contribution in [0.5, 0.6) is 0 Å². The van der Waals surface area contributed by atoms with Gasteiger partial charge >= 0.3 is 0 Å². The summed E-state index contributed by atoms with van der Waals surface area (Å²) in [5, 5.41) is 0. The molecule has 0 fully saturated rings. The van der Waals surface area contributed by atoms with Crippen LogP contribution < -0.4 is 0 Å². The van der Waals surface area contributed by atoms with Gasteiger partial charge in [0.25, 0.3) is 0 Å². The van der Waals surface area contributed by atoms with Gasteiger partial charge in [-0.15, -0.1) is 0 Å². The predicted molar refractivity (Wildman–Crippen MR) is 43.0 cm³/mol. The summed E-state index contributed by atoms with van der Waals surface area (Å²) in [6.45, 7) is 6.05. The lowest BCUT2D eigenvalue weighted by atomic mass is 10.2. The van der Waals surface area contributed by atoms with Crippen molar-refractivity contribution in [2.45, 2.75) is 26.2 Å². The Balaban J connectivity index is 2.03. The van der Waals surface area contributed by atoms with Crippen molar-refractivity contribution in [2.75, 3.05) is 19.6 Å². The third kappa shape index (κ3) is 0.891. The van der Waals surface area contributed by atoms with Gasteiger partial charge in [-0.3, -0.25) is 4.90 Å². The van der Waals surface area contributed by atoms with Crippen molar-refractivity contribution >= 4 is 0 Å². The first-order valence-electron chi connectivity index (χ1n) is 4.32. The first-order valence-corrected chi connectivity index (χ1v) is 4.32. The van der Waals surface area contributed by atoms with Gasteiger partial charge in [0, 0.05) is 13.1 Å². The topological polar surface area (TPSA) is 3.24 Å². The fourth-order valence-electron chi connectivity index (χ4n) is 2.07. The molecule has 56 valence electrons. The Morgan fingerprint density at radius 2 is 1.80 bits per heavy atom. The van der Waals surface area contributed by atoms with Gasteiger partial charge in [0.2, 0.25) is 0 Å². The molecule has 1 aliphatic carbocycles. The van der Waals surface area contributed by atoms with Crippen LogP contribution in [-0.4, -0.2) is 24.5 Å². The van der Waals surface area contributed by atoms with Gasteiger partial charge < -0.3 is 0 Å². The van der Waals surface area contributed by atoms with Crippen molar-refractivity contribution in [3.8, 4) is 0 Å². The van der Waals surface area contributed by atoms with E-state index in [0.29, 0.717) is 0 Å². The summed E-state index contributed by atoms with van der Waals surface area (Å²) in [5.74, 6) is 0. The van der Waals surface area contributed by atoms with Gasteiger partial charge in [-0.25, -0.2) is 0 Å². The van der Waals surface area contributed by atoms with E-state index in [-0.39, 0.29) is 0 Å². The largest absolute Gasteiger partial charge is 0.296 e. The zero-order valence-electron chi connectivity index (χ0n) is 6.69. The Morgan fingerprint density at radius 3 is 2.30 bits per heavy atom. The Kier molecular flexibility index (Phi) is 1.53. The molecule has 0 unspecified atom stereocenters. The lowest BCUT2D eigenvalue weighted by molar-refractivity contribution is 0.356. The summed E-state index contributed by atoms with van der Waals surface area (Å²) >= 11 is 0. The molecule has 0 radical (unpaired) electrons. The van der Waals surface area contributed by atoms with Gasteiger partial charge in [0.05, 0.1) is 0 Å². The van der Waals surface area contributed by atoms with Gasteiger partial charge in [0.1, 0.15) is 0 Å². The molecule has 1 nitrogen and oxygen atoms in total. The van der Waals surface area contributed by atoms with Gasteiger partial charge in [-0.1, -0.05) is 18.1 Å². The van der Waals surface area contributed by atoms with E-state index in [1.165, 1.54) is 38.9 Å². The molecule has 0 aromatic rings. The van der Waals surface area contributed by atoms with E-state index in [1.54, 1.807) is 11.1 Å². The van der Waals surface area contributed by atoms with Crippen LogP contribution in [0.15, 0.2) is 11.1 Å². The normalized spacial score (nSPS) is 26.1. The second-order valence-electron chi connectivity index (χ2n) is 3.36. The van der Waals surface area contributed by atoms with E-state index in [2.05, 4.69) is 11.8 Å². The first-order chi connectivity index (χ1) is 4.90. The molecule has 0 atom stereocenters. The lowest BCUT2D eigenvalue weighted by Crippen LogP contribution is -2.21. The SMILES string of the molecule is CCN1CC2=C(CCC2)C1. The predicted octanol–water partition coefficient (Wildman–Crippen LogP) is 1.80. The molecule has 2 aliphatic rings. The maximum absolute atomic E-state index is 2.53. The lowest BCUT2D eigenvalue weighted by Gasteiger charge is -2.13. The van der Waals surface area contributed by atoms with Gasteiger partial charge in [0.15, 0.2) is 0 Å². The highest BCUT2D eigenvalue weighted by Crippen LogP contribution is 2.31. The molecule has 1 aliphatic heterocycles. The zero-order valence-corrected chi connectivity index (χ0v) is 6.69. The second kappa shape index (κ2) is 2.39. The number of likely N-dealkylation sites (tertiary alicyclic amines) is 1. The summed E-state index contributed by atoms with van der Waals surface area (Å²) in [6.07, 6.45) is 4.22. The van der Waals surface area contributed by atoms with Crippen molar-refractivity contribution in [1.29, 1.82) is 0 Å². The highest BCUT2D eigenvalue weighted by Gasteiger charge is 2.23. The second-order valence-corrected chi connectivity index (χ2v) is 3.36. The van der Waals surface area contributed by atoms with E-state index in [1.807, 2.05) is 0 Å². The van der Waals surface area contributed by atoms with E-state index in [0.717, 1.165) is 0 Å². The smallest absolute Gasteiger partial charge is 0.0199 e. The summed E-state index contributed by atoms with van der Waals surface area (Å²) in [5.41, 5.74) is 3.53. The van der Waals surface area contributed by atoms with Gasteiger partial charge in [-0.2, -0.15) is 0 Å². The summed E-state index contributed by atoms with van der Waals surface area (Å²) < 4.78 is 0. The third-order valence-corrected chi connectivity index (χ3v) is 2.73. The number of rotatable bonds is 1. The van der Waals surface area contributed by atoms with Crippen LogP contribution in [0.2, 0.25) is 0 Å². The Hall–Kier alpha value is -0.300. The van der Waals surface area contributed by atoms with Crippen LogP contribution in [0, 0.1) is 0 Å². The third-order valence-electron chi connectivity index (χ3n) is 2.73. The van der Waals surface area contributed by atoms with E-state index >= 15 is 0 Å². The van der Waals surface area contributed by atoms with Crippen LogP contribution >= 0.6 is 0 Å². The monoisotopic (exact) mass is 137 g/mol. The van der Waals surface area contributed by atoms with Crippen LogP contribution in [0.1, 0.15) is 26.2 Å². The summed E-state index contributed by atoms with van der Waals surface area (Å²) in [7, 11) is 0. The molecule has 0 saturated carbocycles. The Morgan fingerprint density at radius 1 is 1.20 bits per heavy atom. The molecular weight excluding hydrogens is 122 g/mol. The standard InChI is InChI=1S/C9H15N/c1-2-10-6-8-4-3-5-9(8)7-10/h2-7H2,1H3. The molecule has 1 heterocycles. The van der Waals surface area contributed by atoms with Crippen LogP contribution in [0.3, 0.4) is 0 Å². The fraction of sp³-hybridized carbons (Fsp3) is 0.778. The maximum Gasteiger partial charge on any atom is 0.0199 e. The Bertz CT molecular complexity index is 154. The molecule has 0 N–H and O–H groups in total. The molecule has 0 aromatic carbocycles. The highest BCUT2D eigenvalue weighted by atomic mass is 15.1. The Labute approximate surface area is 62.7 Å². The van der Waals surface area contributed by atoms with Crippen molar-refractivity contribution in [2.24, 2.45) is 0 Å². The number of likely N-dealkylation sites (N-methyl/N-ethyl adjacent to an activating group) is 1. The molecule has 10 heavy (non-hydrogen) atoms. The first kappa shape index (κ1) is 6.41. The minimum atomic E-state index is 1.23. The molecule has 2 rings (SSSR count). The summed E-state index contributed by atoms with van der Waals surface area (Å²) in [6, 6.07) is 0. The minimum absolute atomic E-state index is 1.23. The van der Waals surface area contributed by atoms with Crippen molar-refractivity contribution in [1.82, 2.24) is 4.90 Å². The van der Waals surface area contributed by atoms with E-state index in [9.17, 15) is 0 Å². The quantitative estimate of drug-likeness (QED) is 0.498. The fourth-order valence-corrected chi connectivity index (χ4v) is 2.07. The minimum Gasteiger partial charge on any atom is -0.296 e. The molecular formula is C9H15N. The molecule has 0 saturated heterocycles. The van der Waals surface area contributed by atoms with Crippen LogP contribution in [0.25, 0.3) is 0 Å². The maximum atomic E-state index is 2.53. The van der Waals surface area contributed by atoms with Crippen molar-refractivity contribution in [3.63, 3.8) is 0 Å². The molecule has 0 bridgehead atoms. The summed E-state index contributed by atoms with van der Waals surface area (Å²) in [4.78, 5) is 2.53.